The van der Waals surface area contributed by atoms with E-state index in [4.69, 9.17) is 9.94 Å². The maximum absolute atomic E-state index is 9.02. The molecule has 1 saturated heterocycles. The largest absolute Gasteiger partial charge is 0.411 e. The zero-order chi connectivity index (χ0) is 10.2. The molecule has 0 radical (unpaired) electrons. The molecule has 1 aliphatic heterocycles. The molecule has 1 N–H and O–H groups in total. The lowest BCUT2D eigenvalue weighted by Crippen LogP contribution is -2.39. The summed E-state index contributed by atoms with van der Waals surface area (Å²) in [5, 5.41) is 12.5. The van der Waals surface area contributed by atoms with Crippen LogP contribution in [-0.2, 0) is 4.74 Å². The van der Waals surface area contributed by atoms with Crippen molar-refractivity contribution in [2.75, 3.05) is 0 Å². The molecule has 2 rings (SSSR count). The molecular weight excluding hydrogens is 178 g/mol. The van der Waals surface area contributed by atoms with Gasteiger partial charge in [-0.2, -0.15) is 0 Å². The predicted molar refractivity (Wildman–Crippen MR) is 54.8 cm³/mol. The Labute approximate surface area is 85.1 Å². The van der Waals surface area contributed by atoms with Crippen molar-refractivity contribution in [1.82, 2.24) is 0 Å². The van der Waals surface area contributed by atoms with Crippen LogP contribution in [0.15, 0.2) is 5.16 Å². The van der Waals surface area contributed by atoms with E-state index in [-0.39, 0.29) is 11.2 Å². The van der Waals surface area contributed by atoms with E-state index in [0.29, 0.717) is 0 Å². The van der Waals surface area contributed by atoms with Gasteiger partial charge in [-0.05, 0) is 26.7 Å². The van der Waals surface area contributed by atoms with Gasteiger partial charge in [0.05, 0.1) is 11.3 Å². The van der Waals surface area contributed by atoms with Crippen molar-refractivity contribution in [3.8, 4) is 0 Å². The van der Waals surface area contributed by atoms with Crippen molar-refractivity contribution in [3.63, 3.8) is 0 Å². The lowest BCUT2D eigenvalue weighted by Gasteiger charge is -2.34. The summed E-state index contributed by atoms with van der Waals surface area (Å²) < 4.78 is 6.09. The van der Waals surface area contributed by atoms with Gasteiger partial charge in [0.25, 0.3) is 0 Å². The van der Waals surface area contributed by atoms with Gasteiger partial charge in [-0.3, -0.25) is 0 Å². The standard InChI is InChI=1S/C11H19NO2/c1-10(2)8-9(12-13)11(14-10)6-4-3-5-7-11/h13H,3-8H2,1-2H3/b12-9+. The summed E-state index contributed by atoms with van der Waals surface area (Å²) in [4.78, 5) is 0. The molecule has 1 spiro atoms. The van der Waals surface area contributed by atoms with Gasteiger partial charge in [0.15, 0.2) is 0 Å². The predicted octanol–water partition coefficient (Wildman–Crippen LogP) is 2.72. The Morgan fingerprint density at radius 2 is 1.86 bits per heavy atom. The van der Waals surface area contributed by atoms with Crippen molar-refractivity contribution in [3.05, 3.63) is 0 Å². The summed E-state index contributed by atoms with van der Waals surface area (Å²) in [5.74, 6) is 0. The maximum atomic E-state index is 9.02. The molecule has 0 aromatic heterocycles. The van der Waals surface area contributed by atoms with Crippen LogP contribution in [0.1, 0.15) is 52.4 Å². The van der Waals surface area contributed by atoms with E-state index in [9.17, 15) is 0 Å². The molecule has 2 aliphatic rings. The number of rotatable bonds is 0. The molecule has 0 unspecified atom stereocenters. The summed E-state index contributed by atoms with van der Waals surface area (Å²) in [6.07, 6.45) is 6.48. The van der Waals surface area contributed by atoms with E-state index in [1.54, 1.807) is 0 Å². The first kappa shape index (κ1) is 9.97. The second-order valence-corrected chi connectivity index (χ2v) is 5.14. The summed E-state index contributed by atoms with van der Waals surface area (Å²) in [7, 11) is 0. The minimum Gasteiger partial charge on any atom is -0.411 e. The van der Waals surface area contributed by atoms with Gasteiger partial charge in [0.1, 0.15) is 5.60 Å². The van der Waals surface area contributed by atoms with Crippen LogP contribution in [0, 0.1) is 0 Å². The minimum atomic E-state index is -0.226. The highest BCUT2D eigenvalue weighted by molar-refractivity contribution is 5.94. The Kier molecular flexibility index (Phi) is 2.30. The Bertz CT molecular complexity index is 252. The van der Waals surface area contributed by atoms with Crippen LogP contribution >= 0.6 is 0 Å². The molecule has 0 aromatic rings. The van der Waals surface area contributed by atoms with E-state index in [1.807, 2.05) is 0 Å². The number of ether oxygens (including phenoxy) is 1. The minimum absolute atomic E-state index is 0.154. The summed E-state index contributed by atoms with van der Waals surface area (Å²) >= 11 is 0. The van der Waals surface area contributed by atoms with Crippen molar-refractivity contribution in [2.24, 2.45) is 5.16 Å². The van der Waals surface area contributed by atoms with E-state index in [1.165, 1.54) is 19.3 Å². The monoisotopic (exact) mass is 197 g/mol. The zero-order valence-electron chi connectivity index (χ0n) is 9.05. The van der Waals surface area contributed by atoms with Crippen LogP contribution in [0.4, 0.5) is 0 Å². The normalized spacial score (nSPS) is 32.6. The smallest absolute Gasteiger partial charge is 0.110 e. The highest BCUT2D eigenvalue weighted by Crippen LogP contribution is 2.44. The third-order valence-corrected chi connectivity index (χ3v) is 3.37. The molecule has 14 heavy (non-hydrogen) atoms. The fraction of sp³-hybridized carbons (Fsp3) is 0.909. The fourth-order valence-electron chi connectivity index (χ4n) is 2.83. The zero-order valence-corrected chi connectivity index (χ0v) is 9.05. The van der Waals surface area contributed by atoms with E-state index < -0.39 is 0 Å². The fourth-order valence-corrected chi connectivity index (χ4v) is 2.83. The maximum Gasteiger partial charge on any atom is 0.110 e. The first-order chi connectivity index (χ1) is 6.58. The molecule has 3 heteroatoms. The van der Waals surface area contributed by atoms with Crippen LogP contribution in [0.3, 0.4) is 0 Å². The Hall–Kier alpha value is -0.570. The highest BCUT2D eigenvalue weighted by atomic mass is 16.5. The van der Waals surface area contributed by atoms with Crippen LogP contribution in [0.5, 0.6) is 0 Å². The molecular formula is C11H19NO2. The summed E-state index contributed by atoms with van der Waals surface area (Å²) in [6, 6.07) is 0. The van der Waals surface area contributed by atoms with Crippen molar-refractivity contribution < 1.29 is 9.94 Å². The quantitative estimate of drug-likeness (QED) is 0.479. The highest BCUT2D eigenvalue weighted by Gasteiger charge is 2.50. The molecule has 0 amide bonds. The molecule has 0 aromatic carbocycles. The van der Waals surface area contributed by atoms with Gasteiger partial charge in [0, 0.05) is 6.42 Å². The van der Waals surface area contributed by atoms with Gasteiger partial charge < -0.3 is 9.94 Å². The van der Waals surface area contributed by atoms with E-state index in [0.717, 1.165) is 25.0 Å². The molecule has 1 heterocycles. The van der Waals surface area contributed by atoms with Gasteiger partial charge in [0.2, 0.25) is 0 Å². The average Bonchev–Trinajstić information content (AvgIpc) is 2.38. The lowest BCUT2D eigenvalue weighted by atomic mass is 9.81. The average molecular weight is 197 g/mol. The number of oxime groups is 1. The Balaban J connectivity index is 2.24. The molecule has 1 saturated carbocycles. The second-order valence-electron chi connectivity index (χ2n) is 5.14. The number of nitrogens with zero attached hydrogens (tertiary/aromatic N) is 1. The van der Waals surface area contributed by atoms with Gasteiger partial charge in [-0.25, -0.2) is 0 Å². The van der Waals surface area contributed by atoms with Gasteiger partial charge in [-0.1, -0.05) is 24.4 Å². The molecule has 0 bridgehead atoms. The van der Waals surface area contributed by atoms with Crippen LogP contribution in [0.25, 0.3) is 0 Å². The number of hydrogen-bond donors (Lipinski definition) is 1. The molecule has 1 aliphatic carbocycles. The Morgan fingerprint density at radius 1 is 1.21 bits per heavy atom. The van der Waals surface area contributed by atoms with Gasteiger partial charge in [-0.15, -0.1) is 0 Å². The third kappa shape index (κ3) is 1.54. The first-order valence-corrected chi connectivity index (χ1v) is 5.50. The topological polar surface area (TPSA) is 41.8 Å². The van der Waals surface area contributed by atoms with Crippen LogP contribution in [-0.4, -0.2) is 22.1 Å². The first-order valence-electron chi connectivity index (χ1n) is 5.50. The third-order valence-electron chi connectivity index (χ3n) is 3.37. The molecule has 3 nitrogen and oxygen atoms in total. The number of hydrogen-bond acceptors (Lipinski definition) is 3. The Morgan fingerprint density at radius 3 is 2.43 bits per heavy atom. The van der Waals surface area contributed by atoms with E-state index in [2.05, 4.69) is 19.0 Å². The SMILES string of the molecule is CC1(C)C/C(=N\O)C2(CCCCC2)O1. The molecule has 80 valence electrons. The van der Waals surface area contributed by atoms with E-state index >= 15 is 0 Å². The van der Waals surface area contributed by atoms with Crippen LogP contribution < -0.4 is 0 Å². The summed E-state index contributed by atoms with van der Waals surface area (Å²) in [6.45, 7) is 4.14. The summed E-state index contributed by atoms with van der Waals surface area (Å²) in [5.41, 5.74) is 0.484. The van der Waals surface area contributed by atoms with Crippen LogP contribution in [0.2, 0.25) is 0 Å². The van der Waals surface area contributed by atoms with Crippen molar-refractivity contribution in [1.29, 1.82) is 0 Å². The van der Waals surface area contributed by atoms with Crippen molar-refractivity contribution >= 4 is 5.71 Å². The second kappa shape index (κ2) is 3.23. The lowest BCUT2D eigenvalue weighted by molar-refractivity contribution is -0.0860. The molecule has 2 fully saturated rings. The van der Waals surface area contributed by atoms with Crippen molar-refractivity contribution in [2.45, 2.75) is 63.6 Å². The molecule has 0 atom stereocenters. The van der Waals surface area contributed by atoms with Gasteiger partial charge >= 0.3 is 0 Å².